The van der Waals surface area contributed by atoms with E-state index in [1.807, 2.05) is 0 Å². The summed E-state index contributed by atoms with van der Waals surface area (Å²) >= 11 is 0. The molecule has 1 fully saturated rings. The summed E-state index contributed by atoms with van der Waals surface area (Å²) in [6, 6.07) is 2.10. The number of hydrogen-bond acceptors (Lipinski definition) is 2. The number of halogens is 2. The van der Waals surface area contributed by atoms with Crippen molar-refractivity contribution in [3.63, 3.8) is 0 Å². The lowest BCUT2D eigenvalue weighted by Gasteiger charge is -2.34. The molecule has 3 N–H and O–H groups in total. The fourth-order valence-electron chi connectivity index (χ4n) is 2.79. The van der Waals surface area contributed by atoms with Gasteiger partial charge >= 0.3 is 0 Å². The van der Waals surface area contributed by atoms with E-state index >= 15 is 0 Å². The van der Waals surface area contributed by atoms with Gasteiger partial charge in [0.25, 0.3) is 0 Å². The third-order valence-corrected chi connectivity index (χ3v) is 4.14. The van der Waals surface area contributed by atoms with Crippen molar-refractivity contribution in [2.45, 2.75) is 38.1 Å². The van der Waals surface area contributed by atoms with Gasteiger partial charge in [-0.2, -0.15) is 0 Å². The van der Waals surface area contributed by atoms with Crippen LogP contribution >= 0.6 is 0 Å². The average Bonchev–Trinajstić information content (AvgIpc) is 2.78. The maximum atomic E-state index is 13.7. The number of rotatable bonds is 1. The second-order valence-corrected chi connectivity index (χ2v) is 5.71. The minimum absolute atomic E-state index is 0.167. The second kappa shape index (κ2) is 4.27. The van der Waals surface area contributed by atoms with Gasteiger partial charge in [-0.3, -0.25) is 0 Å². The number of nitrogens with one attached hydrogen (secondary N) is 1. The van der Waals surface area contributed by atoms with Crippen molar-refractivity contribution < 1.29 is 8.78 Å². The van der Waals surface area contributed by atoms with Gasteiger partial charge in [-0.05, 0) is 37.7 Å². The minimum Gasteiger partial charge on any atom is -0.340 e. The van der Waals surface area contributed by atoms with Crippen molar-refractivity contribution in [2.24, 2.45) is 11.7 Å². The molecule has 0 bridgehead atoms. The molecule has 102 valence electrons. The lowest BCUT2D eigenvalue weighted by Crippen LogP contribution is -2.41. The Kier molecular flexibility index (Phi) is 2.82. The normalized spacial score (nSPS) is 27.9. The van der Waals surface area contributed by atoms with Gasteiger partial charge in [0.1, 0.15) is 17.2 Å². The Labute approximate surface area is 110 Å². The molecular formula is C14H17F2N3. The van der Waals surface area contributed by atoms with Gasteiger partial charge in [-0.25, -0.2) is 13.8 Å². The van der Waals surface area contributed by atoms with Crippen molar-refractivity contribution in [3.8, 4) is 0 Å². The van der Waals surface area contributed by atoms with E-state index in [0.29, 0.717) is 17.3 Å². The highest BCUT2D eigenvalue weighted by molar-refractivity contribution is 5.76. The Morgan fingerprint density at radius 1 is 1.32 bits per heavy atom. The molecule has 3 nitrogen and oxygen atoms in total. The molecule has 0 spiro atoms. The molecule has 1 heterocycles. The minimum atomic E-state index is -0.648. The first-order valence-corrected chi connectivity index (χ1v) is 6.62. The quantitative estimate of drug-likeness (QED) is 0.832. The number of hydrogen-bond donors (Lipinski definition) is 2. The van der Waals surface area contributed by atoms with Crippen molar-refractivity contribution in [3.05, 3.63) is 29.6 Å². The first kappa shape index (κ1) is 12.5. The number of fused-ring (bicyclic) bond motifs is 1. The van der Waals surface area contributed by atoms with Crippen LogP contribution < -0.4 is 5.73 Å². The summed E-state index contributed by atoms with van der Waals surface area (Å²) in [7, 11) is 0. The Hall–Kier alpha value is -1.49. The Morgan fingerprint density at radius 3 is 2.68 bits per heavy atom. The second-order valence-electron chi connectivity index (χ2n) is 5.71. The van der Waals surface area contributed by atoms with Crippen LogP contribution in [-0.4, -0.2) is 9.97 Å². The van der Waals surface area contributed by atoms with Crippen LogP contribution in [0.4, 0.5) is 8.78 Å². The molecule has 19 heavy (non-hydrogen) atoms. The predicted molar refractivity (Wildman–Crippen MR) is 69.5 cm³/mol. The molecular weight excluding hydrogens is 248 g/mol. The summed E-state index contributed by atoms with van der Waals surface area (Å²) in [6.45, 7) is 2.20. The molecule has 0 radical (unpaired) electrons. The molecule has 5 heteroatoms. The Morgan fingerprint density at radius 2 is 2.00 bits per heavy atom. The maximum absolute atomic E-state index is 13.7. The number of imidazole rings is 1. The lowest BCUT2D eigenvalue weighted by molar-refractivity contribution is 0.238. The van der Waals surface area contributed by atoms with Gasteiger partial charge < -0.3 is 10.7 Å². The number of nitrogens with zero attached hydrogens (tertiary/aromatic N) is 1. The van der Waals surface area contributed by atoms with Gasteiger partial charge in [0.2, 0.25) is 0 Å². The summed E-state index contributed by atoms with van der Waals surface area (Å²) in [5.41, 5.74) is 6.38. The summed E-state index contributed by atoms with van der Waals surface area (Å²) < 4.78 is 26.8. The summed E-state index contributed by atoms with van der Waals surface area (Å²) in [4.78, 5) is 7.24. The Bertz CT molecular complexity index is 612. The predicted octanol–water partition coefficient (Wildman–Crippen LogP) is 3.21. The molecule has 0 aliphatic heterocycles. The molecule has 0 unspecified atom stereocenters. The molecule has 1 aliphatic carbocycles. The van der Waals surface area contributed by atoms with E-state index in [4.69, 9.17) is 5.73 Å². The van der Waals surface area contributed by atoms with Crippen LogP contribution in [0, 0.1) is 17.6 Å². The monoisotopic (exact) mass is 265 g/mol. The Balaban J connectivity index is 2.04. The fourth-order valence-corrected chi connectivity index (χ4v) is 2.79. The molecule has 1 aromatic heterocycles. The average molecular weight is 265 g/mol. The number of aromatic amines is 1. The van der Waals surface area contributed by atoms with Gasteiger partial charge in [0.15, 0.2) is 5.82 Å². The van der Waals surface area contributed by atoms with Crippen LogP contribution in [0.2, 0.25) is 0 Å². The molecule has 0 atom stereocenters. The molecule has 0 amide bonds. The van der Waals surface area contributed by atoms with E-state index in [2.05, 4.69) is 16.9 Å². The summed E-state index contributed by atoms with van der Waals surface area (Å²) in [6.07, 6.45) is 3.70. The van der Waals surface area contributed by atoms with Gasteiger partial charge in [0.05, 0.1) is 11.1 Å². The molecule has 1 aromatic carbocycles. The van der Waals surface area contributed by atoms with Gasteiger partial charge in [-0.15, -0.1) is 0 Å². The number of nitrogens with two attached hydrogens (primary N) is 1. The van der Waals surface area contributed by atoms with E-state index < -0.39 is 17.2 Å². The van der Waals surface area contributed by atoms with E-state index in [1.54, 1.807) is 0 Å². The third-order valence-electron chi connectivity index (χ3n) is 4.14. The summed E-state index contributed by atoms with van der Waals surface area (Å²) in [5.74, 6) is -0.0250. The van der Waals surface area contributed by atoms with E-state index in [0.717, 1.165) is 31.7 Å². The van der Waals surface area contributed by atoms with Crippen molar-refractivity contribution in [1.82, 2.24) is 9.97 Å². The molecule has 0 saturated heterocycles. The van der Waals surface area contributed by atoms with Gasteiger partial charge in [-0.1, -0.05) is 6.92 Å². The highest BCUT2D eigenvalue weighted by Gasteiger charge is 2.34. The highest BCUT2D eigenvalue weighted by atomic mass is 19.1. The number of H-pyrrole nitrogens is 1. The van der Waals surface area contributed by atoms with E-state index in [1.165, 1.54) is 6.07 Å². The van der Waals surface area contributed by atoms with Crippen LogP contribution in [-0.2, 0) is 5.54 Å². The summed E-state index contributed by atoms with van der Waals surface area (Å²) in [5, 5.41) is 0. The van der Waals surface area contributed by atoms with E-state index in [9.17, 15) is 8.78 Å². The fraction of sp³-hybridized carbons (Fsp3) is 0.500. The molecule has 1 aliphatic rings. The standard InChI is InChI=1S/C14H17F2N3/c1-8-2-4-14(17,5-3-8)13-18-11-7-9(15)6-10(16)12(11)19-13/h6-8H,2-5,17H2,1H3,(H,18,19). The van der Waals surface area contributed by atoms with Crippen LogP contribution in [0.1, 0.15) is 38.4 Å². The molecule has 2 aromatic rings. The third kappa shape index (κ3) is 2.12. The van der Waals surface area contributed by atoms with Crippen LogP contribution in [0.15, 0.2) is 12.1 Å². The zero-order valence-corrected chi connectivity index (χ0v) is 10.8. The van der Waals surface area contributed by atoms with Crippen LogP contribution in [0.5, 0.6) is 0 Å². The first-order valence-electron chi connectivity index (χ1n) is 6.62. The van der Waals surface area contributed by atoms with Crippen LogP contribution in [0.25, 0.3) is 11.0 Å². The van der Waals surface area contributed by atoms with E-state index in [-0.39, 0.29) is 5.52 Å². The van der Waals surface area contributed by atoms with Gasteiger partial charge in [0, 0.05) is 6.07 Å². The SMILES string of the molecule is CC1CCC(N)(c2nc3c(F)cc(F)cc3[nH]2)CC1. The zero-order chi connectivity index (χ0) is 13.6. The zero-order valence-electron chi connectivity index (χ0n) is 10.8. The van der Waals surface area contributed by atoms with Crippen LogP contribution in [0.3, 0.4) is 0 Å². The lowest BCUT2D eigenvalue weighted by atomic mass is 9.77. The van der Waals surface area contributed by atoms with Crippen molar-refractivity contribution in [1.29, 1.82) is 0 Å². The first-order chi connectivity index (χ1) is 8.98. The number of benzene rings is 1. The highest BCUT2D eigenvalue weighted by Crippen LogP contribution is 2.36. The molecule has 1 saturated carbocycles. The van der Waals surface area contributed by atoms with Crippen molar-refractivity contribution in [2.75, 3.05) is 0 Å². The smallest absolute Gasteiger partial charge is 0.153 e. The maximum Gasteiger partial charge on any atom is 0.153 e. The number of aromatic nitrogens is 2. The molecule has 3 rings (SSSR count). The topological polar surface area (TPSA) is 54.7 Å². The largest absolute Gasteiger partial charge is 0.340 e. The van der Waals surface area contributed by atoms with Crippen molar-refractivity contribution >= 4 is 11.0 Å².